The molecule has 0 aliphatic rings. The van der Waals surface area contributed by atoms with Crippen molar-refractivity contribution < 1.29 is 0 Å². The normalized spacial score (nSPS) is 15.2. The van der Waals surface area contributed by atoms with Gasteiger partial charge in [-0.3, -0.25) is 0 Å². The Hall–Kier alpha value is 0.543. The van der Waals surface area contributed by atoms with Crippen LogP contribution < -0.4 is 0 Å². The van der Waals surface area contributed by atoms with Crippen LogP contribution in [0.25, 0.3) is 0 Å². The summed E-state index contributed by atoms with van der Waals surface area (Å²) >= 11 is -1.96. The average Bonchev–Trinajstić information content (AvgIpc) is 1.75. The van der Waals surface area contributed by atoms with Crippen LogP contribution in [-0.4, -0.2) is 13.3 Å². The molecule has 0 saturated carbocycles. The predicted octanol–water partition coefficient (Wildman–Crippen LogP) is 5.86. The first-order valence-electron chi connectivity index (χ1n) is 6.39. The van der Waals surface area contributed by atoms with Gasteiger partial charge in [0.2, 0.25) is 0 Å². The zero-order valence-corrected chi connectivity index (χ0v) is 14.8. The van der Waals surface area contributed by atoms with E-state index in [0.29, 0.717) is 8.49 Å². The van der Waals surface area contributed by atoms with Crippen LogP contribution >= 0.6 is 0 Å². The fourth-order valence-electron chi connectivity index (χ4n) is 5.26. The third-order valence-electron chi connectivity index (χ3n) is 4.30. The first-order chi connectivity index (χ1) is 6.39. The summed E-state index contributed by atoms with van der Waals surface area (Å²) in [6.45, 7) is 24.8. The summed E-state index contributed by atoms with van der Waals surface area (Å²) in [6.07, 6.45) is 0. The molecule has 1 heteroatoms. The van der Waals surface area contributed by atoms with E-state index in [2.05, 4.69) is 69.2 Å². The fraction of sp³-hybridized carbons (Fsp3) is 1.00. The third kappa shape index (κ3) is 2.45. The van der Waals surface area contributed by atoms with Crippen molar-refractivity contribution in [2.75, 3.05) is 0 Å². The molecule has 0 aromatic heterocycles. The molecule has 0 radical (unpaired) electrons. The molecule has 0 nitrogen and oxygen atoms in total. The van der Waals surface area contributed by atoms with Crippen LogP contribution in [0.3, 0.4) is 0 Å². The molecule has 92 valence electrons. The molecule has 0 rings (SSSR count). The topological polar surface area (TPSA) is 0 Å². The predicted molar refractivity (Wildman–Crippen MR) is 75.4 cm³/mol. The van der Waals surface area contributed by atoms with Gasteiger partial charge in [0.15, 0.2) is 0 Å². The molecule has 0 aliphatic carbocycles. The van der Waals surface area contributed by atoms with Crippen LogP contribution in [0.5, 0.6) is 0 Å². The zero-order valence-electron chi connectivity index (χ0n) is 12.7. The molecule has 0 heterocycles. The van der Waals surface area contributed by atoms with E-state index in [1.54, 1.807) is 0 Å². The van der Waals surface area contributed by atoms with E-state index in [1.807, 2.05) is 0 Å². The second kappa shape index (κ2) is 4.43. The standard InChI is InChI=1S/C14H32Ge/c1-11(2)15(12(3)4,13(5,6)7)14(8,9)10/h11-12H,1-10H3. The first kappa shape index (κ1) is 15.5. The van der Waals surface area contributed by atoms with Gasteiger partial charge in [-0.2, -0.15) is 0 Å². The minimum absolute atomic E-state index is 0.528. The molecule has 0 unspecified atom stereocenters. The molecule has 0 amide bonds. The summed E-state index contributed by atoms with van der Waals surface area (Å²) in [7, 11) is 0. The van der Waals surface area contributed by atoms with E-state index in [-0.39, 0.29) is 0 Å². The van der Waals surface area contributed by atoms with Gasteiger partial charge in [-0.05, 0) is 0 Å². The van der Waals surface area contributed by atoms with Crippen LogP contribution in [0.2, 0.25) is 18.0 Å². The monoisotopic (exact) mass is 274 g/mol. The van der Waals surface area contributed by atoms with Crippen LogP contribution in [0.15, 0.2) is 0 Å². The van der Waals surface area contributed by atoms with E-state index in [9.17, 15) is 0 Å². The molecule has 0 bridgehead atoms. The van der Waals surface area contributed by atoms with Crippen molar-refractivity contribution in [3.63, 3.8) is 0 Å². The second-order valence-electron chi connectivity index (χ2n) is 7.68. The first-order valence-corrected chi connectivity index (χ1v) is 10.9. The average molecular weight is 273 g/mol. The molecular formula is C14H32Ge. The number of hydrogen-bond donors (Lipinski definition) is 0. The van der Waals surface area contributed by atoms with E-state index < -0.39 is 13.3 Å². The van der Waals surface area contributed by atoms with Crippen molar-refractivity contribution >= 4 is 13.3 Å². The summed E-state index contributed by atoms with van der Waals surface area (Å²) in [5.74, 6) is 0. The second-order valence-corrected chi connectivity index (χ2v) is 22.5. The van der Waals surface area contributed by atoms with Gasteiger partial charge in [-0.25, -0.2) is 0 Å². The molecule has 0 fully saturated rings. The van der Waals surface area contributed by atoms with Crippen LogP contribution in [0.4, 0.5) is 0 Å². The van der Waals surface area contributed by atoms with Gasteiger partial charge in [-0.1, -0.05) is 0 Å². The summed E-state index contributed by atoms with van der Waals surface area (Å²) in [5.41, 5.74) is 0. The van der Waals surface area contributed by atoms with Crippen molar-refractivity contribution in [1.29, 1.82) is 0 Å². The Morgan fingerprint density at radius 2 is 0.800 bits per heavy atom. The van der Waals surface area contributed by atoms with E-state index >= 15 is 0 Å². The van der Waals surface area contributed by atoms with Crippen molar-refractivity contribution in [3.05, 3.63) is 0 Å². The van der Waals surface area contributed by atoms with Gasteiger partial charge < -0.3 is 0 Å². The Bertz CT molecular complexity index is 176. The van der Waals surface area contributed by atoms with Crippen LogP contribution in [0, 0.1) is 0 Å². The van der Waals surface area contributed by atoms with Gasteiger partial charge >= 0.3 is 100 Å². The van der Waals surface area contributed by atoms with E-state index in [1.165, 1.54) is 0 Å². The van der Waals surface area contributed by atoms with Gasteiger partial charge in [-0.15, -0.1) is 0 Å². The Kier molecular flexibility index (Phi) is 4.59. The molecule has 0 aromatic rings. The molecule has 0 N–H and O–H groups in total. The Balaban J connectivity index is 5.73. The Morgan fingerprint density at radius 1 is 0.600 bits per heavy atom. The number of hydrogen-bond acceptors (Lipinski definition) is 0. The Morgan fingerprint density at radius 3 is 0.800 bits per heavy atom. The summed E-state index contributed by atoms with van der Waals surface area (Å²) in [6, 6.07) is 0. The summed E-state index contributed by atoms with van der Waals surface area (Å²) in [4.78, 5) is 0. The Labute approximate surface area is 101 Å². The molecule has 0 aliphatic heterocycles. The van der Waals surface area contributed by atoms with E-state index in [0.717, 1.165) is 9.50 Å². The molecule has 0 spiro atoms. The summed E-state index contributed by atoms with van der Waals surface area (Å²) < 4.78 is 2.84. The minimum atomic E-state index is -1.96. The molecular weight excluding hydrogens is 241 g/mol. The maximum atomic E-state index is 2.48. The fourth-order valence-corrected chi connectivity index (χ4v) is 27.3. The van der Waals surface area contributed by atoms with E-state index in [4.69, 9.17) is 0 Å². The van der Waals surface area contributed by atoms with Crippen LogP contribution in [-0.2, 0) is 0 Å². The van der Waals surface area contributed by atoms with Crippen molar-refractivity contribution in [2.45, 2.75) is 87.2 Å². The zero-order chi connectivity index (χ0) is 12.7. The molecule has 0 aromatic carbocycles. The van der Waals surface area contributed by atoms with Crippen molar-refractivity contribution in [3.8, 4) is 0 Å². The van der Waals surface area contributed by atoms with Gasteiger partial charge in [0, 0.05) is 0 Å². The van der Waals surface area contributed by atoms with Crippen molar-refractivity contribution in [2.24, 2.45) is 0 Å². The summed E-state index contributed by atoms with van der Waals surface area (Å²) in [5, 5.41) is 0. The molecule has 15 heavy (non-hydrogen) atoms. The number of rotatable bonds is 2. The third-order valence-corrected chi connectivity index (χ3v) is 22.4. The van der Waals surface area contributed by atoms with Gasteiger partial charge in [0.05, 0.1) is 0 Å². The van der Waals surface area contributed by atoms with Gasteiger partial charge in [0.25, 0.3) is 0 Å². The molecule has 0 atom stereocenters. The van der Waals surface area contributed by atoms with Crippen LogP contribution in [0.1, 0.15) is 69.2 Å². The molecule has 0 saturated heterocycles. The van der Waals surface area contributed by atoms with Gasteiger partial charge in [0.1, 0.15) is 0 Å². The van der Waals surface area contributed by atoms with Crippen molar-refractivity contribution in [1.82, 2.24) is 0 Å². The maximum absolute atomic E-state index is 2.48. The quantitative estimate of drug-likeness (QED) is 0.553. The SMILES string of the molecule is C[CH](C)[Ge]([CH](C)C)([C](C)(C)C)[C](C)(C)C.